The summed E-state index contributed by atoms with van der Waals surface area (Å²) in [6, 6.07) is 10.9. The lowest BCUT2D eigenvalue weighted by Crippen LogP contribution is -2.44. The summed E-state index contributed by atoms with van der Waals surface area (Å²) in [5.41, 5.74) is -0.445. The maximum atomic E-state index is 13.5. The standard InChI is InChI=1S/C24H23F3N4O5/c1-2-34-23(33)31-12-6-9-17(14-31)35-18-11-10-16(13-28-18)29-21(32)19-20(24(25,26)27)36-22(30-19)15-7-4-3-5-8-15/h3-5,7-8,10-11,13,17H,2,6,9,12,14H2,1H3,(H,29,32). The van der Waals surface area contributed by atoms with Crippen molar-refractivity contribution in [1.29, 1.82) is 0 Å². The van der Waals surface area contributed by atoms with E-state index in [1.807, 2.05) is 0 Å². The molecular formula is C24H23F3N4O5. The molecule has 4 rings (SSSR count). The van der Waals surface area contributed by atoms with Crippen LogP contribution in [0.5, 0.6) is 5.88 Å². The highest BCUT2D eigenvalue weighted by Gasteiger charge is 2.42. The van der Waals surface area contributed by atoms with E-state index in [2.05, 4.69) is 15.3 Å². The van der Waals surface area contributed by atoms with Gasteiger partial charge in [-0.1, -0.05) is 18.2 Å². The molecule has 12 heteroatoms. The average Bonchev–Trinajstić information content (AvgIpc) is 3.33. The number of piperidine rings is 1. The lowest BCUT2D eigenvalue weighted by Gasteiger charge is -2.31. The van der Waals surface area contributed by atoms with Gasteiger partial charge in [-0.3, -0.25) is 4.79 Å². The summed E-state index contributed by atoms with van der Waals surface area (Å²) in [7, 11) is 0. The van der Waals surface area contributed by atoms with E-state index in [-0.39, 0.29) is 30.2 Å². The molecule has 36 heavy (non-hydrogen) atoms. The van der Waals surface area contributed by atoms with Crippen molar-refractivity contribution in [3.63, 3.8) is 0 Å². The Bertz CT molecular complexity index is 1200. The van der Waals surface area contributed by atoms with Gasteiger partial charge >= 0.3 is 12.3 Å². The van der Waals surface area contributed by atoms with Gasteiger partial charge in [0.05, 0.1) is 25.0 Å². The number of pyridine rings is 1. The van der Waals surface area contributed by atoms with E-state index >= 15 is 0 Å². The second-order valence-corrected chi connectivity index (χ2v) is 7.93. The molecule has 9 nitrogen and oxygen atoms in total. The highest BCUT2D eigenvalue weighted by atomic mass is 19.4. The van der Waals surface area contributed by atoms with Crippen molar-refractivity contribution < 1.29 is 36.7 Å². The predicted octanol–water partition coefficient (Wildman–Crippen LogP) is 5.01. The molecule has 0 saturated carbocycles. The summed E-state index contributed by atoms with van der Waals surface area (Å²) in [5.74, 6) is -2.66. The summed E-state index contributed by atoms with van der Waals surface area (Å²) < 4.78 is 56.2. The van der Waals surface area contributed by atoms with Crippen LogP contribution in [0, 0.1) is 0 Å². The van der Waals surface area contributed by atoms with Crippen molar-refractivity contribution in [2.45, 2.75) is 32.0 Å². The molecule has 1 aromatic carbocycles. The van der Waals surface area contributed by atoms with Crippen LogP contribution in [-0.2, 0) is 10.9 Å². The zero-order valence-corrected chi connectivity index (χ0v) is 19.2. The maximum absolute atomic E-state index is 13.5. The topological polar surface area (TPSA) is 107 Å². The number of anilines is 1. The third-order valence-electron chi connectivity index (χ3n) is 5.31. The Hall–Kier alpha value is -4.09. The summed E-state index contributed by atoms with van der Waals surface area (Å²) >= 11 is 0. The smallest absolute Gasteiger partial charge is 0.452 e. The molecule has 1 atom stereocenters. The number of nitrogens with one attached hydrogen (secondary N) is 1. The van der Waals surface area contributed by atoms with Crippen LogP contribution in [-0.4, -0.2) is 52.7 Å². The number of hydrogen-bond donors (Lipinski definition) is 1. The molecule has 3 heterocycles. The number of halogens is 3. The van der Waals surface area contributed by atoms with Gasteiger partial charge in [0.15, 0.2) is 5.69 Å². The molecule has 0 aliphatic carbocycles. The van der Waals surface area contributed by atoms with Crippen LogP contribution in [0.25, 0.3) is 11.5 Å². The molecule has 0 bridgehead atoms. The molecule has 1 saturated heterocycles. The van der Waals surface area contributed by atoms with E-state index in [0.29, 0.717) is 25.1 Å². The first-order valence-corrected chi connectivity index (χ1v) is 11.2. The second-order valence-electron chi connectivity index (χ2n) is 7.93. The van der Waals surface area contributed by atoms with E-state index in [9.17, 15) is 22.8 Å². The summed E-state index contributed by atoms with van der Waals surface area (Å²) in [5, 5.41) is 2.35. The zero-order chi connectivity index (χ0) is 25.7. The van der Waals surface area contributed by atoms with E-state index in [0.717, 1.165) is 6.42 Å². The Morgan fingerprint density at radius 2 is 1.97 bits per heavy atom. The summed E-state index contributed by atoms with van der Waals surface area (Å²) in [6.07, 6.45) is -2.91. The number of oxazole rings is 1. The quantitative estimate of drug-likeness (QED) is 0.503. The van der Waals surface area contributed by atoms with E-state index in [1.54, 1.807) is 30.0 Å². The molecular weight excluding hydrogens is 481 g/mol. The highest BCUT2D eigenvalue weighted by molar-refractivity contribution is 6.03. The molecule has 1 aliphatic rings. The number of amides is 2. The fraction of sp³-hybridized carbons (Fsp3) is 0.333. The van der Waals surface area contributed by atoms with Gasteiger partial charge in [-0.2, -0.15) is 13.2 Å². The Morgan fingerprint density at radius 3 is 2.64 bits per heavy atom. The monoisotopic (exact) mass is 504 g/mol. The molecule has 2 aromatic heterocycles. The van der Waals surface area contributed by atoms with Crippen molar-refractivity contribution in [2.75, 3.05) is 25.0 Å². The van der Waals surface area contributed by atoms with Crippen molar-refractivity contribution in [1.82, 2.24) is 14.9 Å². The molecule has 1 aliphatic heterocycles. The summed E-state index contributed by atoms with van der Waals surface area (Å²) in [6.45, 7) is 2.93. The first-order chi connectivity index (χ1) is 17.2. The summed E-state index contributed by atoms with van der Waals surface area (Å²) in [4.78, 5) is 34.0. The minimum Gasteiger partial charge on any atom is -0.472 e. The number of likely N-dealkylation sites (tertiary alicyclic amines) is 1. The number of benzene rings is 1. The SMILES string of the molecule is CCOC(=O)N1CCCC(Oc2ccc(NC(=O)c3nc(-c4ccccc4)oc3C(F)(F)F)cn2)C1. The second kappa shape index (κ2) is 10.7. The van der Waals surface area contributed by atoms with Crippen molar-refractivity contribution >= 4 is 17.7 Å². The lowest BCUT2D eigenvalue weighted by molar-refractivity contribution is -0.153. The van der Waals surface area contributed by atoms with Crippen LogP contribution >= 0.6 is 0 Å². The molecule has 1 fully saturated rings. The number of rotatable bonds is 6. The highest BCUT2D eigenvalue weighted by Crippen LogP contribution is 2.35. The number of alkyl halides is 3. The molecule has 2 amide bonds. The number of carbonyl (C=O) groups excluding carboxylic acids is 2. The van der Waals surface area contributed by atoms with Crippen molar-refractivity contribution in [3.05, 3.63) is 60.1 Å². The third-order valence-corrected chi connectivity index (χ3v) is 5.31. The van der Waals surface area contributed by atoms with Crippen LogP contribution in [0.15, 0.2) is 53.1 Å². The normalized spacial score (nSPS) is 15.9. The fourth-order valence-corrected chi connectivity index (χ4v) is 3.67. The van der Waals surface area contributed by atoms with E-state index in [4.69, 9.17) is 13.9 Å². The number of hydrogen-bond acceptors (Lipinski definition) is 7. The van der Waals surface area contributed by atoms with Gasteiger partial charge in [-0.05, 0) is 38.0 Å². The molecule has 1 unspecified atom stereocenters. The number of aromatic nitrogens is 2. The zero-order valence-electron chi connectivity index (χ0n) is 19.2. The van der Waals surface area contributed by atoms with Crippen molar-refractivity contribution in [3.8, 4) is 17.3 Å². The maximum Gasteiger partial charge on any atom is 0.452 e. The Balaban J connectivity index is 1.43. The molecule has 3 aromatic rings. The van der Waals surface area contributed by atoms with Crippen LogP contribution in [0.3, 0.4) is 0 Å². The van der Waals surface area contributed by atoms with Gasteiger partial charge in [-0.25, -0.2) is 14.8 Å². The largest absolute Gasteiger partial charge is 0.472 e. The van der Waals surface area contributed by atoms with Gasteiger partial charge in [0.25, 0.3) is 5.91 Å². The number of carbonyl (C=O) groups is 2. The first kappa shape index (κ1) is 25.0. The first-order valence-electron chi connectivity index (χ1n) is 11.2. The van der Waals surface area contributed by atoms with E-state index in [1.165, 1.54) is 30.5 Å². The van der Waals surface area contributed by atoms with Gasteiger partial charge in [0, 0.05) is 18.2 Å². The van der Waals surface area contributed by atoms with E-state index < -0.39 is 29.6 Å². The number of nitrogens with zero attached hydrogens (tertiary/aromatic N) is 3. The minimum absolute atomic E-state index is 0.140. The average molecular weight is 504 g/mol. The van der Waals surface area contributed by atoms with Gasteiger partial charge < -0.3 is 24.1 Å². The predicted molar refractivity (Wildman–Crippen MR) is 121 cm³/mol. The molecule has 1 N–H and O–H groups in total. The van der Waals surface area contributed by atoms with Crippen LogP contribution in [0.1, 0.15) is 36.0 Å². The van der Waals surface area contributed by atoms with Gasteiger partial charge in [0.2, 0.25) is 17.5 Å². The fourth-order valence-electron chi connectivity index (χ4n) is 3.67. The minimum atomic E-state index is -4.92. The van der Waals surface area contributed by atoms with Crippen LogP contribution in [0.4, 0.5) is 23.7 Å². The third kappa shape index (κ3) is 5.93. The molecule has 0 radical (unpaired) electrons. The molecule has 0 spiro atoms. The van der Waals surface area contributed by atoms with Crippen LogP contribution in [0.2, 0.25) is 0 Å². The van der Waals surface area contributed by atoms with Gasteiger partial charge in [-0.15, -0.1) is 0 Å². The lowest BCUT2D eigenvalue weighted by atomic mass is 10.1. The number of ether oxygens (including phenoxy) is 2. The Kier molecular flexibility index (Phi) is 7.41. The Labute approximate surface area is 204 Å². The Morgan fingerprint density at radius 1 is 1.19 bits per heavy atom. The van der Waals surface area contributed by atoms with Crippen molar-refractivity contribution in [2.24, 2.45) is 0 Å². The van der Waals surface area contributed by atoms with Crippen LogP contribution < -0.4 is 10.1 Å². The molecule has 190 valence electrons. The van der Waals surface area contributed by atoms with Gasteiger partial charge in [0.1, 0.15) is 6.10 Å².